The Morgan fingerprint density at radius 2 is 1.84 bits per heavy atom. The van der Waals surface area contributed by atoms with Crippen LogP contribution < -0.4 is 0 Å². The van der Waals surface area contributed by atoms with Gasteiger partial charge in [0, 0.05) is 16.5 Å². The Bertz CT molecular complexity index is 584. The number of hydrogen-bond acceptors (Lipinski definition) is 1. The molecule has 1 unspecified atom stereocenters. The molecule has 0 amide bonds. The van der Waals surface area contributed by atoms with Crippen LogP contribution in [0, 0.1) is 5.82 Å². The third-order valence-corrected chi connectivity index (χ3v) is 4.27. The Morgan fingerprint density at radius 3 is 2.47 bits per heavy atom. The second kappa shape index (κ2) is 5.61. The molecule has 0 bridgehead atoms. The minimum absolute atomic E-state index is 0.00848. The van der Waals surface area contributed by atoms with Crippen molar-refractivity contribution in [2.75, 3.05) is 0 Å². The van der Waals surface area contributed by atoms with Crippen molar-refractivity contribution in [2.24, 2.45) is 0 Å². The molecule has 0 saturated heterocycles. The topological polar surface area (TPSA) is 20.2 Å². The largest absolute Gasteiger partial charge is 0.385 e. The summed E-state index contributed by atoms with van der Waals surface area (Å²) in [6, 6.07) is 12.6. The number of halogens is 3. The third kappa shape index (κ3) is 3.16. The molecule has 1 nitrogen and oxygen atoms in total. The highest BCUT2D eigenvalue weighted by Crippen LogP contribution is 2.34. The molecule has 0 heterocycles. The highest BCUT2D eigenvalue weighted by Gasteiger charge is 2.28. The highest BCUT2D eigenvalue weighted by atomic mass is 79.9. The zero-order valence-electron chi connectivity index (χ0n) is 10.3. The van der Waals surface area contributed by atoms with Crippen LogP contribution in [0.25, 0.3) is 0 Å². The average Bonchev–Trinajstić information content (AvgIpc) is 2.36. The van der Waals surface area contributed by atoms with Gasteiger partial charge in [-0.1, -0.05) is 48.0 Å². The van der Waals surface area contributed by atoms with E-state index in [1.54, 1.807) is 19.1 Å². The van der Waals surface area contributed by atoms with Gasteiger partial charge in [0.25, 0.3) is 0 Å². The number of rotatable bonds is 3. The third-order valence-electron chi connectivity index (χ3n) is 3.01. The zero-order valence-corrected chi connectivity index (χ0v) is 12.7. The zero-order chi connectivity index (χ0) is 14.0. The maximum absolute atomic E-state index is 14.1. The lowest BCUT2D eigenvalue weighted by atomic mass is 9.89. The second-order valence-electron chi connectivity index (χ2n) is 4.66. The summed E-state index contributed by atoms with van der Waals surface area (Å²) in [7, 11) is 0. The summed E-state index contributed by atoms with van der Waals surface area (Å²) in [5, 5.41) is 10.5. The van der Waals surface area contributed by atoms with Crippen molar-refractivity contribution < 1.29 is 9.50 Å². The minimum Gasteiger partial charge on any atom is -0.385 e. The molecular formula is C15H13BrClFO. The van der Waals surface area contributed by atoms with Gasteiger partial charge in [-0.05, 0) is 34.5 Å². The Morgan fingerprint density at radius 1 is 1.21 bits per heavy atom. The average molecular weight is 344 g/mol. The summed E-state index contributed by atoms with van der Waals surface area (Å²) in [5.74, 6) is -0.586. The van der Waals surface area contributed by atoms with Gasteiger partial charge >= 0.3 is 0 Å². The lowest BCUT2D eigenvalue weighted by molar-refractivity contribution is 0.0538. The smallest absolute Gasteiger partial charge is 0.149 e. The molecule has 1 atom stereocenters. The van der Waals surface area contributed by atoms with Gasteiger partial charge in [0.2, 0.25) is 0 Å². The van der Waals surface area contributed by atoms with E-state index in [1.807, 2.05) is 30.3 Å². The second-order valence-corrected chi connectivity index (χ2v) is 5.89. The fraction of sp³-hybridized carbons (Fsp3) is 0.200. The van der Waals surface area contributed by atoms with Crippen LogP contribution in [0.3, 0.4) is 0 Å². The van der Waals surface area contributed by atoms with E-state index in [-0.39, 0.29) is 10.6 Å². The summed E-state index contributed by atoms with van der Waals surface area (Å²) in [5.41, 5.74) is -0.175. The Balaban J connectivity index is 2.37. The molecule has 0 aliphatic rings. The van der Waals surface area contributed by atoms with Crippen LogP contribution >= 0.6 is 27.5 Å². The molecule has 1 N–H and O–H groups in total. The number of benzene rings is 2. The van der Waals surface area contributed by atoms with Crippen LogP contribution in [0.4, 0.5) is 4.39 Å². The molecule has 2 aromatic rings. The first-order chi connectivity index (χ1) is 8.92. The van der Waals surface area contributed by atoms with Gasteiger partial charge in [0.05, 0.1) is 10.6 Å². The number of aliphatic hydroxyl groups is 1. The molecule has 19 heavy (non-hydrogen) atoms. The molecule has 0 aliphatic carbocycles. The van der Waals surface area contributed by atoms with Gasteiger partial charge < -0.3 is 5.11 Å². The van der Waals surface area contributed by atoms with E-state index in [2.05, 4.69) is 15.9 Å². The van der Waals surface area contributed by atoms with Crippen molar-refractivity contribution >= 4 is 27.5 Å². The van der Waals surface area contributed by atoms with E-state index in [0.717, 1.165) is 5.56 Å². The van der Waals surface area contributed by atoms with E-state index in [0.29, 0.717) is 10.9 Å². The van der Waals surface area contributed by atoms with Crippen molar-refractivity contribution in [3.63, 3.8) is 0 Å². The molecule has 2 aromatic carbocycles. The maximum atomic E-state index is 14.1. The quantitative estimate of drug-likeness (QED) is 0.802. The van der Waals surface area contributed by atoms with Crippen LogP contribution in [0.1, 0.15) is 18.1 Å². The molecule has 0 spiro atoms. The van der Waals surface area contributed by atoms with Gasteiger partial charge in [0.15, 0.2) is 0 Å². The van der Waals surface area contributed by atoms with Gasteiger partial charge in [-0.15, -0.1) is 0 Å². The van der Waals surface area contributed by atoms with Gasteiger partial charge in [-0.3, -0.25) is 0 Å². The van der Waals surface area contributed by atoms with E-state index in [9.17, 15) is 9.50 Å². The monoisotopic (exact) mass is 342 g/mol. The maximum Gasteiger partial charge on any atom is 0.149 e. The Kier molecular flexibility index (Phi) is 4.29. The van der Waals surface area contributed by atoms with Crippen LogP contribution in [0.15, 0.2) is 46.9 Å². The van der Waals surface area contributed by atoms with Crippen LogP contribution in [0.5, 0.6) is 0 Å². The van der Waals surface area contributed by atoms with Crippen molar-refractivity contribution in [1.82, 2.24) is 0 Å². The molecule has 4 heteroatoms. The van der Waals surface area contributed by atoms with Crippen molar-refractivity contribution in [3.8, 4) is 0 Å². The molecule has 0 saturated carbocycles. The van der Waals surface area contributed by atoms with E-state index >= 15 is 0 Å². The molecule has 0 aromatic heterocycles. The lowest BCUT2D eigenvalue weighted by Gasteiger charge is -2.25. The summed E-state index contributed by atoms with van der Waals surface area (Å²) in [6.07, 6.45) is 0.322. The molecular weight excluding hydrogens is 331 g/mol. The lowest BCUT2D eigenvalue weighted by Crippen LogP contribution is -2.25. The summed E-state index contributed by atoms with van der Waals surface area (Å²) >= 11 is 9.02. The van der Waals surface area contributed by atoms with Crippen LogP contribution in [-0.2, 0) is 12.0 Å². The molecule has 100 valence electrons. The predicted molar refractivity (Wildman–Crippen MR) is 78.8 cm³/mol. The summed E-state index contributed by atoms with van der Waals surface area (Å²) < 4.78 is 14.6. The standard InChI is InChI=1S/C15H13BrClFO/c1-15(19,9-10-5-3-2-4-6-10)11-7-8-12(16)13(17)14(11)18/h2-8,19H,9H2,1H3. The number of hydrogen-bond donors (Lipinski definition) is 1. The molecule has 2 rings (SSSR count). The van der Waals surface area contributed by atoms with Gasteiger partial charge in [-0.2, -0.15) is 0 Å². The molecule has 0 aliphatic heterocycles. The van der Waals surface area contributed by atoms with E-state index in [4.69, 9.17) is 11.6 Å². The summed E-state index contributed by atoms with van der Waals surface area (Å²) in [6.45, 7) is 1.59. The van der Waals surface area contributed by atoms with Crippen molar-refractivity contribution in [1.29, 1.82) is 0 Å². The summed E-state index contributed by atoms with van der Waals surface area (Å²) in [4.78, 5) is 0. The van der Waals surface area contributed by atoms with Crippen LogP contribution in [-0.4, -0.2) is 5.11 Å². The van der Waals surface area contributed by atoms with Gasteiger partial charge in [0.1, 0.15) is 5.82 Å². The first-order valence-electron chi connectivity index (χ1n) is 5.82. The first-order valence-corrected chi connectivity index (χ1v) is 6.99. The normalized spacial score (nSPS) is 14.2. The SMILES string of the molecule is CC(O)(Cc1ccccc1)c1ccc(Br)c(Cl)c1F. The van der Waals surface area contributed by atoms with E-state index in [1.165, 1.54) is 0 Å². The molecule has 0 fully saturated rings. The molecule has 0 radical (unpaired) electrons. The Hall–Kier alpha value is -0.900. The van der Waals surface area contributed by atoms with Gasteiger partial charge in [-0.25, -0.2) is 4.39 Å². The first kappa shape index (κ1) is 14.5. The highest BCUT2D eigenvalue weighted by molar-refractivity contribution is 9.10. The Labute approximate surface area is 125 Å². The van der Waals surface area contributed by atoms with Crippen LogP contribution in [0.2, 0.25) is 5.02 Å². The van der Waals surface area contributed by atoms with Crippen molar-refractivity contribution in [2.45, 2.75) is 18.9 Å². The fourth-order valence-electron chi connectivity index (χ4n) is 2.03. The van der Waals surface area contributed by atoms with E-state index < -0.39 is 11.4 Å². The minimum atomic E-state index is -1.31. The fourth-order valence-corrected chi connectivity index (χ4v) is 2.50. The predicted octanol–water partition coefficient (Wildman–Crippen LogP) is 4.69. The van der Waals surface area contributed by atoms with Crippen molar-refractivity contribution in [3.05, 3.63) is 68.9 Å².